The van der Waals surface area contributed by atoms with Crippen LogP contribution in [0.3, 0.4) is 0 Å². The molecule has 16 heavy (non-hydrogen) atoms. The van der Waals surface area contributed by atoms with Gasteiger partial charge in [0.2, 0.25) is 5.91 Å². The molecule has 1 rings (SSSR count). The Morgan fingerprint density at radius 1 is 1.31 bits per heavy atom. The number of nitrogens with one attached hydrogen (secondary N) is 1. The van der Waals surface area contributed by atoms with Crippen molar-refractivity contribution in [1.29, 1.82) is 0 Å². The lowest BCUT2D eigenvalue weighted by Gasteiger charge is -2.12. The Morgan fingerprint density at radius 2 is 1.94 bits per heavy atom. The summed E-state index contributed by atoms with van der Waals surface area (Å²) in [6, 6.07) is 7.63. The van der Waals surface area contributed by atoms with Crippen LogP contribution in [-0.2, 0) is 4.79 Å². The fourth-order valence-corrected chi connectivity index (χ4v) is 1.31. The van der Waals surface area contributed by atoms with E-state index < -0.39 is 0 Å². The Bertz CT molecular complexity index is 333. The fourth-order valence-electron chi connectivity index (χ4n) is 1.31. The lowest BCUT2D eigenvalue weighted by atomic mass is 10.2. The molecule has 0 spiro atoms. The van der Waals surface area contributed by atoms with Crippen molar-refractivity contribution in [2.45, 2.75) is 12.8 Å². The summed E-state index contributed by atoms with van der Waals surface area (Å²) in [4.78, 5) is 13.4. The summed E-state index contributed by atoms with van der Waals surface area (Å²) in [5, 5.41) is 11.4. The number of amides is 1. The average Bonchev–Trinajstić information content (AvgIpc) is 2.27. The maximum Gasteiger partial charge on any atom is 0.224 e. The summed E-state index contributed by atoms with van der Waals surface area (Å²) >= 11 is 0. The number of hydrogen-bond acceptors (Lipinski definition) is 3. The van der Waals surface area contributed by atoms with Crippen molar-refractivity contribution in [3.63, 3.8) is 0 Å². The van der Waals surface area contributed by atoms with Crippen LogP contribution in [-0.4, -0.2) is 31.7 Å². The number of carbonyl (C=O) groups excluding carboxylic acids is 1. The lowest BCUT2D eigenvalue weighted by Crippen LogP contribution is -2.12. The van der Waals surface area contributed by atoms with Crippen molar-refractivity contribution >= 4 is 17.3 Å². The molecule has 0 aliphatic rings. The van der Waals surface area contributed by atoms with Crippen LogP contribution in [0, 0.1) is 0 Å². The van der Waals surface area contributed by atoms with E-state index in [1.54, 1.807) is 0 Å². The minimum atomic E-state index is -0.0633. The Kier molecular flexibility index (Phi) is 4.79. The first kappa shape index (κ1) is 12.5. The largest absolute Gasteiger partial charge is 0.396 e. The van der Waals surface area contributed by atoms with Crippen LogP contribution in [0.5, 0.6) is 0 Å². The van der Waals surface area contributed by atoms with E-state index in [2.05, 4.69) is 5.32 Å². The highest BCUT2D eigenvalue weighted by molar-refractivity contribution is 5.90. The van der Waals surface area contributed by atoms with Crippen LogP contribution in [0.25, 0.3) is 0 Å². The molecule has 1 amide bonds. The van der Waals surface area contributed by atoms with E-state index in [1.807, 2.05) is 43.3 Å². The Hall–Kier alpha value is -1.55. The molecule has 2 N–H and O–H groups in total. The monoisotopic (exact) mass is 222 g/mol. The molecular weight excluding hydrogens is 204 g/mol. The summed E-state index contributed by atoms with van der Waals surface area (Å²) in [6.07, 6.45) is 0.855. The molecule has 0 aliphatic heterocycles. The molecule has 0 saturated heterocycles. The zero-order valence-corrected chi connectivity index (χ0v) is 9.73. The summed E-state index contributed by atoms with van der Waals surface area (Å²) < 4.78 is 0. The molecule has 4 nitrogen and oxygen atoms in total. The van der Waals surface area contributed by atoms with E-state index in [9.17, 15) is 4.79 Å². The van der Waals surface area contributed by atoms with E-state index in [0.717, 1.165) is 11.4 Å². The summed E-state index contributed by atoms with van der Waals surface area (Å²) in [5.74, 6) is -0.0633. The molecule has 0 aliphatic carbocycles. The van der Waals surface area contributed by atoms with Crippen molar-refractivity contribution in [1.82, 2.24) is 0 Å². The average molecular weight is 222 g/mol. The molecule has 0 heterocycles. The smallest absolute Gasteiger partial charge is 0.224 e. The number of rotatable bonds is 5. The molecule has 4 heteroatoms. The maximum absolute atomic E-state index is 11.4. The van der Waals surface area contributed by atoms with Crippen molar-refractivity contribution in [2.24, 2.45) is 0 Å². The summed E-state index contributed by atoms with van der Waals surface area (Å²) in [5.41, 5.74) is 1.88. The van der Waals surface area contributed by atoms with E-state index in [1.165, 1.54) is 0 Å². The van der Waals surface area contributed by atoms with Crippen LogP contribution in [0.2, 0.25) is 0 Å². The second-order valence-electron chi connectivity index (χ2n) is 3.82. The molecule has 1 aromatic rings. The predicted octanol–water partition coefficient (Wildman–Crippen LogP) is 1.46. The van der Waals surface area contributed by atoms with Gasteiger partial charge in [-0.3, -0.25) is 4.79 Å². The minimum absolute atomic E-state index is 0.0486. The third-order valence-electron chi connectivity index (χ3n) is 2.23. The minimum Gasteiger partial charge on any atom is -0.396 e. The molecule has 0 radical (unpaired) electrons. The van der Waals surface area contributed by atoms with E-state index in [-0.39, 0.29) is 12.5 Å². The number of anilines is 2. The van der Waals surface area contributed by atoms with Crippen LogP contribution in [0.1, 0.15) is 12.8 Å². The second-order valence-corrected chi connectivity index (χ2v) is 3.82. The third-order valence-corrected chi connectivity index (χ3v) is 2.23. The first-order valence-corrected chi connectivity index (χ1v) is 5.31. The SMILES string of the molecule is CN(C)c1ccc(NC(=O)CCCO)cc1. The van der Waals surface area contributed by atoms with Crippen molar-refractivity contribution in [2.75, 3.05) is 30.9 Å². The molecule has 0 unspecified atom stereocenters. The van der Waals surface area contributed by atoms with Gasteiger partial charge in [0.25, 0.3) is 0 Å². The van der Waals surface area contributed by atoms with Crippen LogP contribution < -0.4 is 10.2 Å². The highest BCUT2D eigenvalue weighted by Crippen LogP contribution is 2.15. The summed E-state index contributed by atoms with van der Waals surface area (Å²) in [7, 11) is 3.93. The highest BCUT2D eigenvalue weighted by Gasteiger charge is 2.01. The Balaban J connectivity index is 2.51. The zero-order valence-electron chi connectivity index (χ0n) is 9.73. The van der Waals surface area contributed by atoms with E-state index >= 15 is 0 Å². The van der Waals surface area contributed by atoms with Gasteiger partial charge in [-0.05, 0) is 30.7 Å². The molecule has 1 aromatic carbocycles. The van der Waals surface area contributed by atoms with Gasteiger partial charge in [-0.15, -0.1) is 0 Å². The molecule has 0 atom stereocenters. The van der Waals surface area contributed by atoms with E-state index in [0.29, 0.717) is 12.8 Å². The van der Waals surface area contributed by atoms with Crippen LogP contribution in [0.4, 0.5) is 11.4 Å². The molecule has 0 aromatic heterocycles. The number of carbonyl (C=O) groups is 1. The Labute approximate surface area is 95.9 Å². The maximum atomic E-state index is 11.4. The van der Waals surface area contributed by atoms with Gasteiger partial charge in [0.15, 0.2) is 0 Å². The van der Waals surface area contributed by atoms with Crippen LogP contribution in [0.15, 0.2) is 24.3 Å². The summed E-state index contributed by atoms with van der Waals surface area (Å²) in [6.45, 7) is 0.0486. The number of hydrogen-bond donors (Lipinski definition) is 2. The van der Waals surface area contributed by atoms with Gasteiger partial charge in [-0.25, -0.2) is 0 Å². The van der Waals surface area contributed by atoms with Gasteiger partial charge in [0.1, 0.15) is 0 Å². The van der Waals surface area contributed by atoms with Gasteiger partial charge in [0.05, 0.1) is 0 Å². The van der Waals surface area contributed by atoms with Gasteiger partial charge in [-0.2, -0.15) is 0 Å². The fraction of sp³-hybridized carbons (Fsp3) is 0.417. The molecule has 0 saturated carbocycles. The van der Waals surface area contributed by atoms with Gasteiger partial charge in [-0.1, -0.05) is 0 Å². The van der Waals surface area contributed by atoms with Gasteiger partial charge >= 0.3 is 0 Å². The lowest BCUT2D eigenvalue weighted by molar-refractivity contribution is -0.116. The van der Waals surface area contributed by atoms with Crippen LogP contribution >= 0.6 is 0 Å². The number of aliphatic hydroxyl groups excluding tert-OH is 1. The number of nitrogens with zero attached hydrogens (tertiary/aromatic N) is 1. The van der Waals surface area contributed by atoms with E-state index in [4.69, 9.17) is 5.11 Å². The number of aliphatic hydroxyl groups is 1. The quantitative estimate of drug-likeness (QED) is 0.793. The Morgan fingerprint density at radius 3 is 2.44 bits per heavy atom. The predicted molar refractivity (Wildman–Crippen MR) is 65.7 cm³/mol. The molecule has 0 fully saturated rings. The van der Waals surface area contributed by atoms with Crippen molar-refractivity contribution in [3.8, 4) is 0 Å². The van der Waals surface area contributed by atoms with Crippen molar-refractivity contribution < 1.29 is 9.90 Å². The topological polar surface area (TPSA) is 52.6 Å². The molecular formula is C12H18N2O2. The normalized spacial score (nSPS) is 9.94. The third kappa shape index (κ3) is 3.90. The van der Waals surface area contributed by atoms with Crippen molar-refractivity contribution in [3.05, 3.63) is 24.3 Å². The second kappa shape index (κ2) is 6.12. The standard InChI is InChI=1S/C12H18N2O2/c1-14(2)11-7-5-10(6-8-11)13-12(16)4-3-9-15/h5-8,15H,3-4,9H2,1-2H3,(H,13,16). The first-order valence-electron chi connectivity index (χ1n) is 5.31. The zero-order chi connectivity index (χ0) is 12.0. The van der Waals surface area contributed by atoms with Gasteiger partial charge < -0.3 is 15.3 Å². The number of benzene rings is 1. The highest BCUT2D eigenvalue weighted by atomic mass is 16.3. The first-order chi connectivity index (χ1) is 7.63. The van der Waals surface area contributed by atoms with Gasteiger partial charge in [0, 0.05) is 38.5 Å². The molecule has 0 bridgehead atoms. The molecule has 88 valence electrons.